The Hall–Kier alpha value is -2.47. The third-order valence-corrected chi connectivity index (χ3v) is 2.48. The maximum Gasteiger partial charge on any atom is 0.276 e. The molecule has 98 valence electrons. The van der Waals surface area contributed by atoms with E-state index in [2.05, 4.69) is 15.5 Å². The van der Waals surface area contributed by atoms with Crippen LogP contribution in [0.1, 0.15) is 16.1 Å². The molecule has 1 amide bonds. The second-order valence-electron chi connectivity index (χ2n) is 3.89. The van der Waals surface area contributed by atoms with E-state index in [0.717, 1.165) is 5.56 Å². The Bertz CT molecular complexity index is 569. The van der Waals surface area contributed by atoms with E-state index in [-0.39, 0.29) is 17.4 Å². The Morgan fingerprint density at radius 1 is 1.26 bits per heavy atom. The minimum Gasteiger partial charge on any atom is -0.382 e. The Labute approximate surface area is 110 Å². The van der Waals surface area contributed by atoms with Crippen molar-refractivity contribution in [3.63, 3.8) is 0 Å². The molecule has 0 saturated carbocycles. The molecule has 0 saturated heterocycles. The first kappa shape index (κ1) is 13.0. The van der Waals surface area contributed by atoms with Gasteiger partial charge in [0.25, 0.3) is 5.91 Å². The minimum atomic E-state index is -0.337. The van der Waals surface area contributed by atoms with Crippen molar-refractivity contribution < 1.29 is 9.53 Å². The monoisotopic (exact) mass is 258 g/mol. The zero-order chi connectivity index (χ0) is 13.7. The number of carbonyl (C=O) groups is 1. The van der Waals surface area contributed by atoms with Gasteiger partial charge in [0.15, 0.2) is 5.69 Å². The first-order valence-corrected chi connectivity index (χ1v) is 5.68. The van der Waals surface area contributed by atoms with Crippen LogP contribution in [0, 0.1) is 0 Å². The van der Waals surface area contributed by atoms with Crippen LogP contribution >= 0.6 is 0 Å². The zero-order valence-corrected chi connectivity index (χ0v) is 10.5. The smallest absolute Gasteiger partial charge is 0.276 e. The average Bonchev–Trinajstić information content (AvgIpc) is 2.42. The van der Waals surface area contributed by atoms with Gasteiger partial charge in [-0.05, 0) is 18.2 Å². The summed E-state index contributed by atoms with van der Waals surface area (Å²) in [5.74, 6) is -0.0626. The summed E-state index contributed by atoms with van der Waals surface area (Å²) in [7, 11) is 1.60. The van der Waals surface area contributed by atoms with E-state index in [1.165, 1.54) is 12.1 Å². The van der Waals surface area contributed by atoms with E-state index in [1.54, 1.807) is 13.2 Å². The first-order valence-electron chi connectivity index (χ1n) is 5.68. The van der Waals surface area contributed by atoms with Crippen LogP contribution < -0.4 is 11.1 Å². The first-order chi connectivity index (χ1) is 9.20. The summed E-state index contributed by atoms with van der Waals surface area (Å²) in [6.45, 7) is 0.421. The highest BCUT2D eigenvalue weighted by Gasteiger charge is 2.10. The molecule has 0 spiro atoms. The van der Waals surface area contributed by atoms with Gasteiger partial charge in [0.2, 0.25) is 0 Å². The summed E-state index contributed by atoms with van der Waals surface area (Å²) in [5.41, 5.74) is 7.21. The SMILES string of the molecule is COCc1ccccc1NC(=O)c1ccc(N)nn1. The fourth-order valence-corrected chi connectivity index (χ4v) is 1.57. The van der Waals surface area contributed by atoms with Crippen LogP contribution in [0.2, 0.25) is 0 Å². The summed E-state index contributed by atoms with van der Waals surface area (Å²) in [4.78, 5) is 12.0. The number of para-hydroxylation sites is 1. The molecule has 0 aliphatic heterocycles. The number of hydrogen-bond donors (Lipinski definition) is 2. The van der Waals surface area contributed by atoms with Crippen molar-refractivity contribution in [2.45, 2.75) is 6.61 Å². The summed E-state index contributed by atoms with van der Waals surface area (Å²) < 4.78 is 5.08. The molecule has 0 aliphatic carbocycles. The number of rotatable bonds is 4. The van der Waals surface area contributed by atoms with Gasteiger partial charge in [-0.25, -0.2) is 0 Å². The predicted octanol–water partition coefficient (Wildman–Crippen LogP) is 1.46. The highest BCUT2D eigenvalue weighted by atomic mass is 16.5. The molecule has 6 heteroatoms. The largest absolute Gasteiger partial charge is 0.382 e. The van der Waals surface area contributed by atoms with Gasteiger partial charge in [0, 0.05) is 18.4 Å². The van der Waals surface area contributed by atoms with Crippen molar-refractivity contribution >= 4 is 17.4 Å². The fourth-order valence-electron chi connectivity index (χ4n) is 1.57. The van der Waals surface area contributed by atoms with Crippen LogP contribution in [-0.2, 0) is 11.3 Å². The molecule has 0 atom stereocenters. The highest BCUT2D eigenvalue weighted by molar-refractivity contribution is 6.03. The molecule has 1 aromatic heterocycles. The van der Waals surface area contributed by atoms with Crippen LogP contribution in [-0.4, -0.2) is 23.2 Å². The number of methoxy groups -OCH3 is 1. The number of ether oxygens (including phenoxy) is 1. The van der Waals surface area contributed by atoms with Gasteiger partial charge in [0.05, 0.1) is 6.61 Å². The molecule has 6 nitrogen and oxygen atoms in total. The van der Waals surface area contributed by atoms with E-state index in [1.807, 2.05) is 18.2 Å². The molecule has 1 heterocycles. The Balaban J connectivity index is 2.16. The lowest BCUT2D eigenvalue weighted by Crippen LogP contribution is -2.15. The van der Waals surface area contributed by atoms with Gasteiger partial charge in [-0.2, -0.15) is 0 Å². The maximum absolute atomic E-state index is 12.0. The van der Waals surface area contributed by atoms with Crippen molar-refractivity contribution in [3.8, 4) is 0 Å². The second kappa shape index (κ2) is 5.92. The van der Waals surface area contributed by atoms with Crippen molar-refractivity contribution in [2.75, 3.05) is 18.2 Å². The fraction of sp³-hybridized carbons (Fsp3) is 0.154. The van der Waals surface area contributed by atoms with Crippen molar-refractivity contribution in [1.82, 2.24) is 10.2 Å². The predicted molar refractivity (Wildman–Crippen MR) is 71.6 cm³/mol. The Kier molecular flexibility index (Phi) is 4.04. The molecule has 0 aliphatic rings. The van der Waals surface area contributed by atoms with E-state index < -0.39 is 0 Å². The number of nitrogens with two attached hydrogens (primary N) is 1. The Morgan fingerprint density at radius 2 is 2.05 bits per heavy atom. The van der Waals surface area contributed by atoms with E-state index >= 15 is 0 Å². The lowest BCUT2D eigenvalue weighted by molar-refractivity contribution is 0.102. The molecule has 2 rings (SSSR count). The summed E-state index contributed by atoms with van der Waals surface area (Å²) in [6, 6.07) is 10.5. The number of aromatic nitrogens is 2. The number of nitrogen functional groups attached to an aromatic ring is 1. The molecule has 0 unspecified atom stereocenters. The van der Waals surface area contributed by atoms with Crippen molar-refractivity contribution in [3.05, 3.63) is 47.7 Å². The van der Waals surface area contributed by atoms with Crippen LogP contribution in [0.15, 0.2) is 36.4 Å². The van der Waals surface area contributed by atoms with E-state index in [9.17, 15) is 4.79 Å². The standard InChI is InChI=1S/C13H14N4O2/c1-19-8-9-4-2-3-5-10(9)15-13(18)11-6-7-12(14)17-16-11/h2-7H,8H2,1H3,(H2,14,17)(H,15,18). The molecular weight excluding hydrogens is 244 g/mol. The molecule has 0 bridgehead atoms. The maximum atomic E-state index is 12.0. The van der Waals surface area contributed by atoms with Gasteiger partial charge < -0.3 is 15.8 Å². The molecule has 3 N–H and O–H groups in total. The van der Waals surface area contributed by atoms with Crippen LogP contribution in [0.3, 0.4) is 0 Å². The lowest BCUT2D eigenvalue weighted by Gasteiger charge is -2.09. The number of anilines is 2. The number of hydrogen-bond acceptors (Lipinski definition) is 5. The number of nitrogens with zero attached hydrogens (tertiary/aromatic N) is 2. The van der Waals surface area contributed by atoms with Crippen LogP contribution in [0.4, 0.5) is 11.5 Å². The van der Waals surface area contributed by atoms with Crippen molar-refractivity contribution in [2.24, 2.45) is 0 Å². The summed E-state index contributed by atoms with van der Waals surface area (Å²) in [6.07, 6.45) is 0. The van der Waals surface area contributed by atoms with Gasteiger partial charge in [-0.1, -0.05) is 18.2 Å². The number of nitrogens with one attached hydrogen (secondary N) is 1. The number of benzene rings is 1. The molecule has 2 aromatic rings. The number of carbonyl (C=O) groups excluding carboxylic acids is 1. The molecule has 19 heavy (non-hydrogen) atoms. The van der Waals surface area contributed by atoms with Gasteiger partial charge in [-0.3, -0.25) is 4.79 Å². The van der Waals surface area contributed by atoms with Gasteiger partial charge in [-0.15, -0.1) is 10.2 Å². The van der Waals surface area contributed by atoms with Gasteiger partial charge >= 0.3 is 0 Å². The zero-order valence-electron chi connectivity index (χ0n) is 10.5. The molecule has 0 radical (unpaired) electrons. The van der Waals surface area contributed by atoms with Gasteiger partial charge in [0.1, 0.15) is 5.82 Å². The second-order valence-corrected chi connectivity index (χ2v) is 3.89. The highest BCUT2D eigenvalue weighted by Crippen LogP contribution is 2.16. The normalized spacial score (nSPS) is 10.2. The van der Waals surface area contributed by atoms with Crippen LogP contribution in [0.5, 0.6) is 0 Å². The minimum absolute atomic E-state index is 0.210. The topological polar surface area (TPSA) is 90.1 Å². The van der Waals surface area contributed by atoms with Crippen LogP contribution in [0.25, 0.3) is 0 Å². The average molecular weight is 258 g/mol. The van der Waals surface area contributed by atoms with E-state index in [4.69, 9.17) is 10.5 Å². The number of amides is 1. The lowest BCUT2D eigenvalue weighted by atomic mass is 10.2. The van der Waals surface area contributed by atoms with E-state index in [0.29, 0.717) is 12.3 Å². The molecular formula is C13H14N4O2. The van der Waals surface area contributed by atoms with Crippen molar-refractivity contribution in [1.29, 1.82) is 0 Å². The molecule has 0 fully saturated rings. The third-order valence-electron chi connectivity index (χ3n) is 2.48. The Morgan fingerprint density at radius 3 is 2.74 bits per heavy atom. The quantitative estimate of drug-likeness (QED) is 0.866. The third kappa shape index (κ3) is 3.26. The summed E-state index contributed by atoms with van der Waals surface area (Å²) in [5, 5.41) is 10.1. The summed E-state index contributed by atoms with van der Waals surface area (Å²) >= 11 is 0. The molecule has 1 aromatic carbocycles.